The van der Waals surface area contributed by atoms with Gasteiger partial charge in [0, 0.05) is 18.5 Å². The molecule has 1 heterocycles. The number of fused-ring (bicyclic) bond motifs is 1. The van der Waals surface area contributed by atoms with Crippen LogP contribution in [0.15, 0.2) is 24.3 Å². The van der Waals surface area contributed by atoms with Crippen molar-refractivity contribution in [2.24, 2.45) is 0 Å². The average molecular weight is 281 g/mol. The molecule has 0 fully saturated rings. The quantitative estimate of drug-likeness (QED) is 0.844. The maximum absolute atomic E-state index is 9.43. The van der Waals surface area contributed by atoms with Crippen LogP contribution in [0.2, 0.25) is 0 Å². The molecule has 1 aromatic heterocycles. The van der Waals surface area contributed by atoms with E-state index in [0.29, 0.717) is 5.56 Å². The second-order valence-electron chi connectivity index (χ2n) is 6.30. The highest BCUT2D eigenvalue weighted by Gasteiger charge is 2.16. The van der Waals surface area contributed by atoms with Gasteiger partial charge < -0.3 is 4.90 Å². The predicted octanol–water partition coefficient (Wildman–Crippen LogP) is 4.25. The maximum Gasteiger partial charge on any atom is 0.147 e. The molecule has 0 amide bonds. The third-order valence-electron chi connectivity index (χ3n) is 3.84. The molecule has 21 heavy (non-hydrogen) atoms. The van der Waals surface area contributed by atoms with E-state index in [2.05, 4.69) is 63.8 Å². The van der Waals surface area contributed by atoms with Crippen LogP contribution in [0.4, 0.5) is 5.82 Å². The fourth-order valence-corrected chi connectivity index (χ4v) is 2.48. The second-order valence-corrected chi connectivity index (χ2v) is 6.30. The van der Waals surface area contributed by atoms with E-state index in [1.54, 1.807) is 0 Å². The number of hydrogen-bond donors (Lipinski definition) is 0. The zero-order valence-corrected chi connectivity index (χ0v) is 13.6. The molecule has 0 N–H and O–H groups in total. The van der Waals surface area contributed by atoms with Gasteiger partial charge >= 0.3 is 0 Å². The summed E-state index contributed by atoms with van der Waals surface area (Å²) in [4.78, 5) is 6.84. The molecule has 0 radical (unpaired) electrons. The molecule has 0 aliphatic heterocycles. The number of hydrogen-bond acceptors (Lipinski definition) is 3. The molecule has 3 nitrogen and oxygen atoms in total. The summed E-state index contributed by atoms with van der Waals surface area (Å²) in [6.45, 7) is 12.4. The van der Waals surface area contributed by atoms with Gasteiger partial charge in [-0.05, 0) is 43.0 Å². The lowest BCUT2D eigenvalue weighted by Crippen LogP contribution is -2.24. The number of nitriles is 1. The van der Waals surface area contributed by atoms with Crippen molar-refractivity contribution in [3.63, 3.8) is 0 Å². The van der Waals surface area contributed by atoms with Crippen molar-refractivity contribution in [2.75, 3.05) is 18.0 Å². The fourth-order valence-electron chi connectivity index (χ4n) is 2.48. The van der Waals surface area contributed by atoms with Crippen molar-refractivity contribution >= 4 is 16.7 Å². The van der Waals surface area contributed by atoms with Crippen LogP contribution in [-0.2, 0) is 5.41 Å². The lowest BCUT2D eigenvalue weighted by molar-refractivity contribution is 0.591. The van der Waals surface area contributed by atoms with Gasteiger partial charge in [0.1, 0.15) is 11.9 Å². The highest BCUT2D eigenvalue weighted by atomic mass is 15.2. The summed E-state index contributed by atoms with van der Waals surface area (Å²) in [5.41, 5.74) is 2.95. The number of benzene rings is 1. The number of anilines is 1. The largest absolute Gasteiger partial charge is 0.356 e. The first-order chi connectivity index (χ1) is 9.90. The summed E-state index contributed by atoms with van der Waals surface area (Å²) < 4.78 is 0. The molecule has 0 unspecified atom stereocenters. The number of pyridine rings is 1. The summed E-state index contributed by atoms with van der Waals surface area (Å²) in [7, 11) is 0. The fraction of sp³-hybridized carbons (Fsp3) is 0.444. The normalized spacial score (nSPS) is 11.4. The third-order valence-corrected chi connectivity index (χ3v) is 3.84. The molecule has 2 aromatic rings. The van der Waals surface area contributed by atoms with E-state index in [4.69, 9.17) is 4.98 Å². The SMILES string of the molecule is CCN(CC)c1nc2ccc(C(C)(C)C)cc2cc1C#N. The van der Waals surface area contributed by atoms with Crippen LogP contribution in [0.3, 0.4) is 0 Å². The van der Waals surface area contributed by atoms with Gasteiger partial charge in [0.2, 0.25) is 0 Å². The Bertz CT molecular complexity index is 686. The smallest absolute Gasteiger partial charge is 0.147 e. The van der Waals surface area contributed by atoms with Crippen LogP contribution in [0.25, 0.3) is 10.9 Å². The molecule has 0 bridgehead atoms. The summed E-state index contributed by atoms with van der Waals surface area (Å²) in [5.74, 6) is 0.790. The molecule has 0 saturated carbocycles. The molecule has 0 saturated heterocycles. The molecule has 110 valence electrons. The first-order valence-electron chi connectivity index (χ1n) is 7.51. The van der Waals surface area contributed by atoms with Gasteiger partial charge in [0.15, 0.2) is 0 Å². The van der Waals surface area contributed by atoms with Crippen LogP contribution < -0.4 is 4.90 Å². The molecule has 0 spiro atoms. The number of rotatable bonds is 3. The van der Waals surface area contributed by atoms with Gasteiger partial charge in [0.05, 0.1) is 11.1 Å². The lowest BCUT2D eigenvalue weighted by atomic mass is 9.86. The van der Waals surface area contributed by atoms with Crippen LogP contribution in [0.5, 0.6) is 0 Å². The highest BCUT2D eigenvalue weighted by molar-refractivity contribution is 5.84. The van der Waals surface area contributed by atoms with E-state index in [1.807, 2.05) is 6.07 Å². The Morgan fingerprint density at radius 3 is 2.33 bits per heavy atom. The van der Waals surface area contributed by atoms with Gasteiger partial charge in [-0.25, -0.2) is 4.98 Å². The van der Waals surface area contributed by atoms with E-state index < -0.39 is 0 Å². The first kappa shape index (κ1) is 15.3. The molecular formula is C18H23N3. The van der Waals surface area contributed by atoms with Crippen LogP contribution >= 0.6 is 0 Å². The molecule has 2 rings (SSSR count). The molecule has 0 atom stereocenters. The predicted molar refractivity (Wildman–Crippen MR) is 88.7 cm³/mol. The topological polar surface area (TPSA) is 39.9 Å². The maximum atomic E-state index is 9.43. The van der Waals surface area contributed by atoms with Crippen LogP contribution in [0, 0.1) is 11.3 Å². The Balaban J connectivity index is 2.64. The minimum atomic E-state index is 0.0958. The van der Waals surface area contributed by atoms with Gasteiger partial charge in [-0.1, -0.05) is 26.8 Å². The highest BCUT2D eigenvalue weighted by Crippen LogP contribution is 2.28. The zero-order valence-electron chi connectivity index (χ0n) is 13.6. The van der Waals surface area contributed by atoms with Crippen molar-refractivity contribution in [2.45, 2.75) is 40.0 Å². The summed E-state index contributed by atoms with van der Waals surface area (Å²) >= 11 is 0. The summed E-state index contributed by atoms with van der Waals surface area (Å²) in [6, 6.07) is 10.6. The van der Waals surface area contributed by atoms with Gasteiger partial charge in [-0.2, -0.15) is 5.26 Å². The molecule has 1 aromatic carbocycles. The molecule has 3 heteroatoms. The van der Waals surface area contributed by atoms with Crippen LogP contribution in [0.1, 0.15) is 45.7 Å². The molecule has 0 aliphatic rings. The summed E-state index contributed by atoms with van der Waals surface area (Å²) in [5, 5.41) is 10.5. The van der Waals surface area contributed by atoms with Crippen molar-refractivity contribution in [3.05, 3.63) is 35.4 Å². The van der Waals surface area contributed by atoms with Crippen molar-refractivity contribution in [3.8, 4) is 6.07 Å². The van der Waals surface area contributed by atoms with E-state index in [9.17, 15) is 5.26 Å². The number of aromatic nitrogens is 1. The molecule has 0 aliphatic carbocycles. The standard InChI is InChI=1S/C18H23N3/c1-6-21(7-2)17-14(12-19)10-13-11-15(18(3,4)5)8-9-16(13)20-17/h8-11H,6-7H2,1-5H3. The Kier molecular flexibility index (Phi) is 4.18. The minimum Gasteiger partial charge on any atom is -0.356 e. The Hall–Kier alpha value is -2.08. The summed E-state index contributed by atoms with van der Waals surface area (Å²) in [6.07, 6.45) is 0. The lowest BCUT2D eigenvalue weighted by Gasteiger charge is -2.22. The van der Waals surface area contributed by atoms with E-state index in [0.717, 1.165) is 29.8 Å². The first-order valence-corrected chi connectivity index (χ1v) is 7.51. The third kappa shape index (κ3) is 3.00. The van der Waals surface area contributed by atoms with E-state index >= 15 is 0 Å². The van der Waals surface area contributed by atoms with E-state index in [-0.39, 0.29) is 5.41 Å². The zero-order chi connectivity index (χ0) is 15.6. The van der Waals surface area contributed by atoms with E-state index in [1.165, 1.54) is 5.56 Å². The van der Waals surface area contributed by atoms with Crippen molar-refractivity contribution in [1.82, 2.24) is 4.98 Å². The van der Waals surface area contributed by atoms with Crippen molar-refractivity contribution < 1.29 is 0 Å². The Morgan fingerprint density at radius 2 is 1.81 bits per heavy atom. The Labute approximate surface area is 127 Å². The van der Waals surface area contributed by atoms with Gasteiger partial charge in [-0.3, -0.25) is 0 Å². The number of nitrogens with zero attached hydrogens (tertiary/aromatic N) is 3. The van der Waals surface area contributed by atoms with Gasteiger partial charge in [-0.15, -0.1) is 0 Å². The second kappa shape index (κ2) is 5.73. The Morgan fingerprint density at radius 1 is 1.14 bits per heavy atom. The minimum absolute atomic E-state index is 0.0958. The van der Waals surface area contributed by atoms with Crippen molar-refractivity contribution in [1.29, 1.82) is 5.26 Å². The van der Waals surface area contributed by atoms with Crippen LogP contribution in [-0.4, -0.2) is 18.1 Å². The average Bonchev–Trinajstić information content (AvgIpc) is 2.46. The molecular weight excluding hydrogens is 258 g/mol. The monoisotopic (exact) mass is 281 g/mol. The van der Waals surface area contributed by atoms with Gasteiger partial charge in [0.25, 0.3) is 0 Å².